The van der Waals surface area contributed by atoms with E-state index in [1.54, 1.807) is 6.92 Å². The van der Waals surface area contributed by atoms with Gasteiger partial charge in [0.15, 0.2) is 0 Å². The fourth-order valence-electron chi connectivity index (χ4n) is 1.69. The third-order valence-electron chi connectivity index (χ3n) is 2.49. The Morgan fingerprint density at radius 2 is 2.24 bits per heavy atom. The van der Waals surface area contributed by atoms with Crippen LogP contribution >= 0.6 is 0 Å². The van der Waals surface area contributed by atoms with Gasteiger partial charge in [0, 0.05) is 11.8 Å². The van der Waals surface area contributed by atoms with E-state index in [0.717, 1.165) is 11.0 Å². The maximum Gasteiger partial charge on any atom is 0.323 e. The highest BCUT2D eigenvalue weighted by atomic mass is 16.5. The van der Waals surface area contributed by atoms with Crippen LogP contribution in [0.1, 0.15) is 12.7 Å². The van der Waals surface area contributed by atoms with Crippen molar-refractivity contribution in [2.45, 2.75) is 19.4 Å². The first kappa shape index (κ1) is 11.7. The van der Waals surface area contributed by atoms with Gasteiger partial charge in [0.2, 0.25) is 0 Å². The van der Waals surface area contributed by atoms with Gasteiger partial charge in [-0.05, 0) is 19.1 Å². The molecule has 0 saturated heterocycles. The smallest absolute Gasteiger partial charge is 0.323 e. The molecule has 4 nitrogen and oxygen atoms in total. The van der Waals surface area contributed by atoms with Crippen LogP contribution in [-0.4, -0.2) is 18.6 Å². The molecular formula is C13H15NO3. The van der Waals surface area contributed by atoms with Crippen molar-refractivity contribution in [3.05, 3.63) is 36.1 Å². The zero-order chi connectivity index (χ0) is 12.3. The van der Waals surface area contributed by atoms with Crippen LogP contribution in [0.4, 0.5) is 0 Å². The molecule has 0 spiro atoms. The van der Waals surface area contributed by atoms with Crippen LogP contribution in [0.5, 0.6) is 0 Å². The van der Waals surface area contributed by atoms with Gasteiger partial charge in [-0.1, -0.05) is 18.2 Å². The third-order valence-corrected chi connectivity index (χ3v) is 2.49. The highest BCUT2D eigenvalue weighted by molar-refractivity contribution is 5.79. The second-order valence-electron chi connectivity index (χ2n) is 3.81. The Kier molecular flexibility index (Phi) is 3.44. The number of carbonyl (C=O) groups is 1. The summed E-state index contributed by atoms with van der Waals surface area (Å²) in [5.74, 6) is 0.305. The second-order valence-corrected chi connectivity index (χ2v) is 3.81. The number of nitrogens with two attached hydrogens (primary N) is 1. The number of rotatable bonds is 4. The van der Waals surface area contributed by atoms with Crippen LogP contribution in [0, 0.1) is 0 Å². The van der Waals surface area contributed by atoms with Crippen molar-refractivity contribution in [3.63, 3.8) is 0 Å². The number of hydrogen-bond acceptors (Lipinski definition) is 4. The summed E-state index contributed by atoms with van der Waals surface area (Å²) in [7, 11) is 0. The van der Waals surface area contributed by atoms with E-state index in [-0.39, 0.29) is 0 Å². The SMILES string of the molecule is CCOC(=O)C(N)Cc1cc2ccccc2o1. The molecule has 0 fully saturated rings. The van der Waals surface area contributed by atoms with Gasteiger partial charge in [0.05, 0.1) is 6.61 Å². The van der Waals surface area contributed by atoms with Gasteiger partial charge >= 0.3 is 5.97 Å². The molecule has 1 aromatic carbocycles. The van der Waals surface area contributed by atoms with Crippen LogP contribution in [-0.2, 0) is 16.0 Å². The van der Waals surface area contributed by atoms with Gasteiger partial charge in [-0.3, -0.25) is 4.79 Å². The zero-order valence-electron chi connectivity index (χ0n) is 9.68. The van der Waals surface area contributed by atoms with E-state index >= 15 is 0 Å². The number of benzene rings is 1. The predicted molar refractivity (Wildman–Crippen MR) is 64.5 cm³/mol. The minimum absolute atomic E-state index is 0.340. The van der Waals surface area contributed by atoms with Gasteiger partial charge in [0.25, 0.3) is 0 Å². The van der Waals surface area contributed by atoms with Crippen LogP contribution in [0.2, 0.25) is 0 Å². The first-order chi connectivity index (χ1) is 8.20. The topological polar surface area (TPSA) is 65.5 Å². The minimum Gasteiger partial charge on any atom is -0.465 e. The molecule has 0 amide bonds. The van der Waals surface area contributed by atoms with Crippen LogP contribution in [0.15, 0.2) is 34.7 Å². The van der Waals surface area contributed by atoms with E-state index in [1.807, 2.05) is 30.3 Å². The highest BCUT2D eigenvalue weighted by Gasteiger charge is 2.17. The lowest BCUT2D eigenvalue weighted by atomic mass is 10.1. The van der Waals surface area contributed by atoms with E-state index < -0.39 is 12.0 Å². The van der Waals surface area contributed by atoms with Crippen LogP contribution in [0.25, 0.3) is 11.0 Å². The van der Waals surface area contributed by atoms with E-state index in [4.69, 9.17) is 14.9 Å². The summed E-state index contributed by atoms with van der Waals surface area (Å²) in [6.07, 6.45) is 0.355. The van der Waals surface area contributed by atoms with E-state index in [2.05, 4.69) is 0 Å². The molecule has 0 bridgehead atoms. The Morgan fingerprint density at radius 1 is 1.47 bits per heavy atom. The summed E-state index contributed by atoms with van der Waals surface area (Å²) in [4.78, 5) is 11.4. The molecule has 1 atom stereocenters. The maximum absolute atomic E-state index is 11.4. The Balaban J connectivity index is 2.10. The molecule has 0 radical (unpaired) electrons. The average Bonchev–Trinajstić information content (AvgIpc) is 2.71. The number of carbonyl (C=O) groups excluding carboxylic acids is 1. The zero-order valence-corrected chi connectivity index (χ0v) is 9.68. The predicted octanol–water partition coefficient (Wildman–Crippen LogP) is 1.87. The molecule has 1 heterocycles. The Labute approximate surface area is 99.3 Å². The molecule has 17 heavy (non-hydrogen) atoms. The van der Waals surface area contributed by atoms with Gasteiger partial charge < -0.3 is 14.9 Å². The number of furan rings is 1. The molecule has 1 unspecified atom stereocenters. The lowest BCUT2D eigenvalue weighted by molar-refractivity contribution is -0.144. The van der Waals surface area contributed by atoms with Gasteiger partial charge in [0.1, 0.15) is 17.4 Å². The van der Waals surface area contributed by atoms with Gasteiger partial charge in [-0.2, -0.15) is 0 Å². The standard InChI is InChI=1S/C13H15NO3/c1-2-16-13(15)11(14)8-10-7-9-5-3-4-6-12(9)17-10/h3-7,11H,2,8,14H2,1H3. The largest absolute Gasteiger partial charge is 0.465 e. The van der Waals surface area contributed by atoms with Gasteiger partial charge in [-0.15, -0.1) is 0 Å². The van der Waals surface area contributed by atoms with Crippen molar-refractivity contribution in [1.82, 2.24) is 0 Å². The first-order valence-electron chi connectivity index (χ1n) is 5.60. The summed E-state index contributed by atoms with van der Waals surface area (Å²) in [6.45, 7) is 2.10. The van der Waals surface area contributed by atoms with E-state index in [1.165, 1.54) is 0 Å². The molecule has 2 N–H and O–H groups in total. The van der Waals surface area contributed by atoms with E-state index in [9.17, 15) is 4.79 Å². The number of ether oxygens (including phenoxy) is 1. The summed E-state index contributed by atoms with van der Waals surface area (Å²) >= 11 is 0. The molecular weight excluding hydrogens is 218 g/mol. The molecule has 2 aromatic rings. The normalized spacial score (nSPS) is 12.6. The van der Waals surface area contributed by atoms with Crippen molar-refractivity contribution < 1.29 is 13.9 Å². The third kappa shape index (κ3) is 2.65. The molecule has 0 saturated carbocycles. The fourth-order valence-corrected chi connectivity index (χ4v) is 1.69. The average molecular weight is 233 g/mol. The molecule has 90 valence electrons. The van der Waals surface area contributed by atoms with Gasteiger partial charge in [-0.25, -0.2) is 0 Å². The van der Waals surface area contributed by atoms with E-state index in [0.29, 0.717) is 18.8 Å². The molecule has 1 aromatic heterocycles. The van der Waals surface area contributed by atoms with Crippen molar-refractivity contribution in [3.8, 4) is 0 Å². The molecule has 2 rings (SSSR count). The Morgan fingerprint density at radius 3 is 2.94 bits per heavy atom. The van der Waals surface area contributed by atoms with Crippen LogP contribution in [0.3, 0.4) is 0 Å². The summed E-state index contributed by atoms with van der Waals surface area (Å²) in [5, 5.41) is 1.01. The molecule has 0 aliphatic carbocycles. The fraction of sp³-hybridized carbons (Fsp3) is 0.308. The number of hydrogen-bond donors (Lipinski definition) is 1. The van der Waals surface area contributed by atoms with Crippen molar-refractivity contribution >= 4 is 16.9 Å². The molecule has 4 heteroatoms. The number of fused-ring (bicyclic) bond motifs is 1. The Hall–Kier alpha value is -1.81. The number of esters is 1. The first-order valence-corrected chi connectivity index (χ1v) is 5.60. The maximum atomic E-state index is 11.4. The summed E-state index contributed by atoms with van der Waals surface area (Å²) in [6, 6.07) is 8.91. The molecule has 0 aliphatic rings. The van der Waals surface area contributed by atoms with Crippen molar-refractivity contribution in [2.75, 3.05) is 6.61 Å². The summed E-state index contributed by atoms with van der Waals surface area (Å²) in [5.41, 5.74) is 6.53. The quantitative estimate of drug-likeness (QED) is 0.819. The molecule has 0 aliphatic heterocycles. The summed E-state index contributed by atoms with van der Waals surface area (Å²) < 4.78 is 10.4. The van der Waals surface area contributed by atoms with Crippen molar-refractivity contribution in [2.24, 2.45) is 5.73 Å². The highest BCUT2D eigenvalue weighted by Crippen LogP contribution is 2.19. The van der Waals surface area contributed by atoms with Crippen LogP contribution < -0.4 is 5.73 Å². The monoisotopic (exact) mass is 233 g/mol. The number of para-hydroxylation sites is 1. The Bertz CT molecular complexity index is 485. The second kappa shape index (κ2) is 5.01. The lowest BCUT2D eigenvalue weighted by Crippen LogP contribution is -2.34. The minimum atomic E-state index is -0.671. The lowest BCUT2D eigenvalue weighted by Gasteiger charge is -2.08. The van der Waals surface area contributed by atoms with Crippen molar-refractivity contribution in [1.29, 1.82) is 0 Å².